The molecule has 1 N–H and O–H groups in total. The van der Waals surface area contributed by atoms with Crippen LogP contribution in [-0.4, -0.2) is 17.0 Å². The van der Waals surface area contributed by atoms with Crippen molar-refractivity contribution in [3.63, 3.8) is 0 Å². The molecule has 0 unspecified atom stereocenters. The van der Waals surface area contributed by atoms with Gasteiger partial charge < -0.3 is 5.11 Å². The number of rotatable bonds is 1. The third-order valence-electron chi connectivity index (χ3n) is 1.46. The number of aliphatic carboxylic acids is 1. The number of carbonyl (C=O) groups is 1. The fraction of sp³-hybridized carbons (Fsp3) is 0.286. The molecule has 0 bridgehead atoms. The molecule has 12 heavy (non-hydrogen) atoms. The van der Waals surface area contributed by atoms with Crippen LogP contribution in [0.15, 0.2) is 23.6 Å². The van der Waals surface area contributed by atoms with Crippen LogP contribution in [0.1, 0.15) is 6.42 Å². The van der Waals surface area contributed by atoms with E-state index in [1.165, 1.54) is 0 Å². The van der Waals surface area contributed by atoms with Crippen LogP contribution < -0.4 is 0 Å². The van der Waals surface area contributed by atoms with Crippen molar-refractivity contribution >= 4 is 5.97 Å². The van der Waals surface area contributed by atoms with Gasteiger partial charge in [0.2, 0.25) is 0 Å². The zero-order chi connectivity index (χ0) is 9.35. The van der Waals surface area contributed by atoms with E-state index in [0.717, 1.165) is 6.08 Å². The second-order valence-corrected chi connectivity index (χ2v) is 2.37. The Bertz CT molecular complexity index is 278. The van der Waals surface area contributed by atoms with Gasteiger partial charge in [-0.1, -0.05) is 6.08 Å². The van der Waals surface area contributed by atoms with Crippen molar-refractivity contribution in [1.82, 2.24) is 0 Å². The number of hydrogen-bond donors (Lipinski definition) is 1. The largest absolute Gasteiger partial charge is 0.478 e. The average molecular weight is 178 g/mol. The maximum absolute atomic E-state index is 12.4. The lowest BCUT2D eigenvalue weighted by atomic mass is 10.0. The molecule has 0 amide bonds. The molecule has 66 valence electrons. The van der Waals surface area contributed by atoms with Gasteiger partial charge in [-0.05, 0) is 6.08 Å². The Balaban J connectivity index is 2.93. The van der Waals surface area contributed by atoms with E-state index in [0.29, 0.717) is 6.08 Å². The Hall–Kier alpha value is -1.26. The topological polar surface area (TPSA) is 37.3 Å². The summed E-state index contributed by atoms with van der Waals surface area (Å²) in [6.07, 6.45) is 0.244. The molecule has 0 radical (unpaired) electrons. The summed E-state index contributed by atoms with van der Waals surface area (Å²) < 4.78 is 37.1. The zero-order valence-corrected chi connectivity index (χ0v) is 5.85. The second kappa shape index (κ2) is 2.66. The Labute approximate surface area is 66.0 Å². The molecule has 0 aromatic rings. The molecule has 0 aromatic heterocycles. The van der Waals surface area contributed by atoms with E-state index in [-0.39, 0.29) is 0 Å². The number of carboxylic acids is 1. The van der Waals surface area contributed by atoms with Crippen LogP contribution in [-0.2, 0) is 4.79 Å². The highest BCUT2D eigenvalue weighted by Crippen LogP contribution is 2.34. The van der Waals surface area contributed by atoms with Gasteiger partial charge in [-0.3, -0.25) is 0 Å². The summed E-state index contributed by atoms with van der Waals surface area (Å²) in [5, 5.41) is 8.30. The van der Waals surface area contributed by atoms with E-state index in [4.69, 9.17) is 5.11 Å². The van der Waals surface area contributed by atoms with Crippen LogP contribution in [0.25, 0.3) is 0 Å². The van der Waals surface area contributed by atoms with E-state index in [9.17, 15) is 18.0 Å². The van der Waals surface area contributed by atoms with Gasteiger partial charge in [-0.2, -0.15) is 8.78 Å². The highest BCUT2D eigenvalue weighted by atomic mass is 19.3. The first-order valence-corrected chi connectivity index (χ1v) is 3.12. The lowest BCUT2D eigenvalue weighted by Crippen LogP contribution is -2.20. The normalized spacial score (nSPS) is 21.2. The Morgan fingerprint density at radius 1 is 1.58 bits per heavy atom. The molecule has 1 aliphatic carbocycles. The maximum Gasteiger partial charge on any atom is 0.335 e. The molecule has 2 nitrogen and oxygen atoms in total. The molecule has 1 aliphatic rings. The first kappa shape index (κ1) is 8.83. The van der Waals surface area contributed by atoms with Crippen LogP contribution in [0.4, 0.5) is 13.2 Å². The summed E-state index contributed by atoms with van der Waals surface area (Å²) in [5.41, 5.74) is -0.432. The van der Waals surface area contributed by atoms with Crippen molar-refractivity contribution in [2.75, 3.05) is 0 Å². The molecular weight excluding hydrogens is 173 g/mol. The summed E-state index contributed by atoms with van der Waals surface area (Å²) in [4.78, 5) is 10.2. The van der Waals surface area contributed by atoms with E-state index < -0.39 is 29.7 Å². The average Bonchev–Trinajstić information content (AvgIpc) is 1.94. The van der Waals surface area contributed by atoms with Gasteiger partial charge in [-0.15, -0.1) is 0 Å². The van der Waals surface area contributed by atoms with E-state index in [2.05, 4.69) is 0 Å². The lowest BCUT2D eigenvalue weighted by Gasteiger charge is -2.15. The molecule has 5 heteroatoms. The number of carboxylic acid groups (broad SMARTS) is 1. The first-order chi connectivity index (χ1) is 5.43. The van der Waals surface area contributed by atoms with Gasteiger partial charge in [-0.25, -0.2) is 9.18 Å². The van der Waals surface area contributed by atoms with Crippen molar-refractivity contribution in [3.8, 4) is 0 Å². The smallest absolute Gasteiger partial charge is 0.335 e. The van der Waals surface area contributed by atoms with E-state index >= 15 is 0 Å². The van der Waals surface area contributed by atoms with Crippen LogP contribution in [0.2, 0.25) is 0 Å². The van der Waals surface area contributed by atoms with Crippen LogP contribution in [0, 0.1) is 0 Å². The zero-order valence-electron chi connectivity index (χ0n) is 5.85. The third kappa shape index (κ3) is 1.49. The summed E-state index contributed by atoms with van der Waals surface area (Å²) in [6.45, 7) is 0. The second-order valence-electron chi connectivity index (χ2n) is 2.37. The van der Waals surface area contributed by atoms with Crippen LogP contribution >= 0.6 is 0 Å². The molecule has 0 aromatic carbocycles. The van der Waals surface area contributed by atoms with Gasteiger partial charge in [0.05, 0.1) is 5.57 Å². The molecule has 0 saturated heterocycles. The van der Waals surface area contributed by atoms with Gasteiger partial charge in [0.1, 0.15) is 0 Å². The predicted octanol–water partition coefficient (Wildman–Crippen LogP) is 1.89. The van der Waals surface area contributed by atoms with Crippen LogP contribution in [0.5, 0.6) is 0 Å². The highest BCUT2D eigenvalue weighted by molar-refractivity contribution is 5.90. The molecule has 0 fully saturated rings. The third-order valence-corrected chi connectivity index (χ3v) is 1.46. The highest BCUT2D eigenvalue weighted by Gasteiger charge is 2.37. The Morgan fingerprint density at radius 3 is 2.58 bits per heavy atom. The molecule has 0 atom stereocenters. The van der Waals surface area contributed by atoms with Gasteiger partial charge in [0.15, 0.2) is 5.83 Å². The van der Waals surface area contributed by atoms with Crippen molar-refractivity contribution in [1.29, 1.82) is 0 Å². The number of allylic oxidation sites excluding steroid dienone is 2. The SMILES string of the molecule is O=C(O)C1=CCC(F)(F)C(F)=C1. The molecule has 0 heterocycles. The standard InChI is InChI=1S/C7H5F3O2/c8-5-3-4(6(11)12)1-2-7(5,9)10/h1,3H,2H2,(H,11,12). The Kier molecular flexibility index (Phi) is 1.95. The quantitative estimate of drug-likeness (QED) is 0.665. The molecule has 0 spiro atoms. The Morgan fingerprint density at radius 2 is 2.17 bits per heavy atom. The van der Waals surface area contributed by atoms with Gasteiger partial charge >= 0.3 is 11.9 Å². The van der Waals surface area contributed by atoms with Crippen molar-refractivity contribution in [2.24, 2.45) is 0 Å². The molecule has 0 saturated carbocycles. The van der Waals surface area contributed by atoms with Gasteiger partial charge in [0.25, 0.3) is 0 Å². The van der Waals surface area contributed by atoms with Gasteiger partial charge in [0, 0.05) is 6.42 Å². The first-order valence-electron chi connectivity index (χ1n) is 3.12. The lowest BCUT2D eigenvalue weighted by molar-refractivity contribution is -0.132. The minimum Gasteiger partial charge on any atom is -0.478 e. The van der Waals surface area contributed by atoms with Crippen LogP contribution in [0.3, 0.4) is 0 Å². The van der Waals surface area contributed by atoms with E-state index in [1.54, 1.807) is 0 Å². The summed E-state index contributed by atoms with van der Waals surface area (Å²) >= 11 is 0. The van der Waals surface area contributed by atoms with Crippen molar-refractivity contribution < 1.29 is 23.1 Å². The summed E-state index contributed by atoms with van der Waals surface area (Å²) in [7, 11) is 0. The van der Waals surface area contributed by atoms with E-state index in [1.807, 2.05) is 0 Å². The fourth-order valence-electron chi connectivity index (χ4n) is 0.786. The molecular formula is C7H5F3O2. The van der Waals surface area contributed by atoms with Crippen molar-refractivity contribution in [3.05, 3.63) is 23.6 Å². The predicted molar refractivity (Wildman–Crippen MR) is 34.5 cm³/mol. The molecule has 0 aliphatic heterocycles. The summed E-state index contributed by atoms with van der Waals surface area (Å²) in [5.74, 6) is -6.64. The van der Waals surface area contributed by atoms with Crippen molar-refractivity contribution in [2.45, 2.75) is 12.3 Å². The number of halogens is 3. The fourth-order valence-corrected chi connectivity index (χ4v) is 0.786. The maximum atomic E-state index is 12.4. The summed E-state index contributed by atoms with van der Waals surface area (Å²) in [6, 6.07) is 0. The number of alkyl halides is 2. The minimum atomic E-state index is -3.54. The number of hydrogen-bond acceptors (Lipinski definition) is 1. The monoisotopic (exact) mass is 178 g/mol. The molecule has 1 rings (SSSR count). The minimum absolute atomic E-state index is 0.339.